The zero-order valence-electron chi connectivity index (χ0n) is 9.80. The summed E-state index contributed by atoms with van der Waals surface area (Å²) >= 11 is 0. The number of hydrogen-bond donors (Lipinski definition) is 0. The molecule has 1 rings (SSSR count). The fourth-order valence-corrected chi connectivity index (χ4v) is 1.08. The average Bonchev–Trinajstić information content (AvgIpc) is 2.38. The highest BCUT2D eigenvalue weighted by atomic mass is 16.6. The molecule has 7 heteroatoms. The van der Waals surface area contributed by atoms with E-state index in [1.54, 1.807) is 0 Å². The van der Waals surface area contributed by atoms with Crippen molar-refractivity contribution in [3.63, 3.8) is 0 Å². The number of aromatic nitrogens is 1. The Morgan fingerprint density at radius 1 is 1.56 bits per heavy atom. The largest absolute Gasteiger partial charge is 0.480 e. The maximum Gasteiger partial charge on any atom is 0.317 e. The van der Waals surface area contributed by atoms with Crippen molar-refractivity contribution in [2.45, 2.75) is 6.42 Å². The number of nitrogens with zero attached hydrogens (tertiary/aromatic N) is 2. The van der Waals surface area contributed by atoms with Gasteiger partial charge in [-0.25, -0.2) is 4.98 Å². The van der Waals surface area contributed by atoms with E-state index in [4.69, 9.17) is 4.74 Å². The molecule has 0 fully saturated rings. The van der Waals surface area contributed by atoms with Gasteiger partial charge in [0, 0.05) is 6.07 Å². The first kappa shape index (κ1) is 13.4. The van der Waals surface area contributed by atoms with Crippen LogP contribution in [0, 0.1) is 22.0 Å². The number of carbonyl (C=O) groups excluding carboxylic acids is 1. The minimum Gasteiger partial charge on any atom is -0.480 e. The third-order valence-electron chi connectivity index (χ3n) is 1.92. The second-order valence-electron chi connectivity index (χ2n) is 3.06. The Kier molecular flexibility index (Phi) is 4.63. The van der Waals surface area contributed by atoms with E-state index in [-0.39, 0.29) is 23.6 Å². The Balaban J connectivity index is 3.01. The van der Waals surface area contributed by atoms with Crippen LogP contribution in [0.3, 0.4) is 0 Å². The number of esters is 1. The van der Waals surface area contributed by atoms with Gasteiger partial charge < -0.3 is 9.47 Å². The molecule has 0 aliphatic carbocycles. The molecule has 1 aromatic heterocycles. The van der Waals surface area contributed by atoms with Gasteiger partial charge in [-0.15, -0.1) is 0 Å². The lowest BCUT2D eigenvalue weighted by Gasteiger charge is -2.00. The number of rotatable bonds is 3. The molecule has 1 aromatic rings. The highest BCUT2D eigenvalue weighted by molar-refractivity contribution is 5.72. The average molecular weight is 250 g/mol. The van der Waals surface area contributed by atoms with E-state index < -0.39 is 10.9 Å². The topological polar surface area (TPSA) is 91.6 Å². The van der Waals surface area contributed by atoms with E-state index in [0.29, 0.717) is 0 Å². The first-order chi connectivity index (χ1) is 8.58. The van der Waals surface area contributed by atoms with Crippen molar-refractivity contribution in [2.75, 3.05) is 14.2 Å². The summed E-state index contributed by atoms with van der Waals surface area (Å²) in [6.45, 7) is 0. The van der Waals surface area contributed by atoms with E-state index in [1.165, 1.54) is 20.3 Å². The molecule has 0 radical (unpaired) electrons. The summed E-state index contributed by atoms with van der Waals surface area (Å²) in [5.74, 6) is 4.79. The third kappa shape index (κ3) is 3.45. The molecule has 0 N–H and O–H groups in total. The summed E-state index contributed by atoms with van der Waals surface area (Å²) in [5, 5.41) is 10.6. The van der Waals surface area contributed by atoms with Crippen LogP contribution in [-0.4, -0.2) is 30.1 Å². The molecule has 1 heterocycles. The van der Waals surface area contributed by atoms with Gasteiger partial charge in [0.2, 0.25) is 5.88 Å². The van der Waals surface area contributed by atoms with Crippen LogP contribution in [0.15, 0.2) is 12.3 Å². The Morgan fingerprint density at radius 2 is 2.28 bits per heavy atom. The van der Waals surface area contributed by atoms with Gasteiger partial charge in [-0.1, -0.05) is 11.8 Å². The standard InChI is InChI=1S/C11H10N2O5/c1-17-10(14)5-3-4-8-6-9(13(15)16)7-12-11(8)18-2/h6-7H,5H2,1-2H3. The van der Waals surface area contributed by atoms with Crippen molar-refractivity contribution < 1.29 is 19.2 Å². The zero-order chi connectivity index (χ0) is 13.5. The smallest absolute Gasteiger partial charge is 0.317 e. The van der Waals surface area contributed by atoms with Crippen LogP contribution in [0.25, 0.3) is 0 Å². The van der Waals surface area contributed by atoms with Gasteiger partial charge in [0.25, 0.3) is 5.69 Å². The normalized spacial score (nSPS) is 9.00. The predicted molar refractivity (Wildman–Crippen MR) is 61.0 cm³/mol. The van der Waals surface area contributed by atoms with Crippen molar-refractivity contribution in [2.24, 2.45) is 0 Å². The van der Waals surface area contributed by atoms with Gasteiger partial charge >= 0.3 is 5.97 Å². The third-order valence-corrected chi connectivity index (χ3v) is 1.92. The van der Waals surface area contributed by atoms with Gasteiger partial charge in [-0.05, 0) is 0 Å². The van der Waals surface area contributed by atoms with Gasteiger partial charge in [0.1, 0.15) is 12.6 Å². The second kappa shape index (κ2) is 6.20. The number of carbonyl (C=O) groups is 1. The Bertz CT molecular complexity index is 530. The molecular formula is C11H10N2O5. The monoisotopic (exact) mass is 250 g/mol. The fourth-order valence-electron chi connectivity index (χ4n) is 1.08. The first-order valence-corrected chi connectivity index (χ1v) is 4.82. The molecule has 0 aliphatic rings. The van der Waals surface area contributed by atoms with Gasteiger partial charge in [0.15, 0.2) is 0 Å². The second-order valence-corrected chi connectivity index (χ2v) is 3.06. The highest BCUT2D eigenvalue weighted by Crippen LogP contribution is 2.19. The number of pyridine rings is 1. The van der Waals surface area contributed by atoms with Crippen molar-refractivity contribution in [1.29, 1.82) is 0 Å². The van der Waals surface area contributed by atoms with Crippen molar-refractivity contribution in [3.8, 4) is 17.7 Å². The molecule has 94 valence electrons. The summed E-state index contributed by atoms with van der Waals surface area (Å²) < 4.78 is 9.32. The maximum absolute atomic E-state index is 10.9. The molecule has 0 spiro atoms. The quantitative estimate of drug-likeness (QED) is 0.342. The number of ether oxygens (including phenoxy) is 2. The lowest BCUT2D eigenvalue weighted by molar-refractivity contribution is -0.385. The molecule has 0 bridgehead atoms. The van der Waals surface area contributed by atoms with Crippen LogP contribution in [-0.2, 0) is 9.53 Å². The van der Waals surface area contributed by atoms with E-state index in [0.717, 1.165) is 6.20 Å². The van der Waals surface area contributed by atoms with E-state index >= 15 is 0 Å². The van der Waals surface area contributed by atoms with Gasteiger partial charge in [-0.2, -0.15) is 0 Å². The molecule has 0 amide bonds. The van der Waals surface area contributed by atoms with Crippen LogP contribution in [0.5, 0.6) is 5.88 Å². The molecule has 0 unspecified atom stereocenters. The zero-order valence-corrected chi connectivity index (χ0v) is 9.80. The summed E-state index contributed by atoms with van der Waals surface area (Å²) in [4.78, 5) is 24.6. The van der Waals surface area contributed by atoms with Crippen LogP contribution in [0.1, 0.15) is 12.0 Å². The van der Waals surface area contributed by atoms with Crippen LogP contribution >= 0.6 is 0 Å². The van der Waals surface area contributed by atoms with Crippen molar-refractivity contribution in [3.05, 3.63) is 27.9 Å². The summed E-state index contributed by atoms with van der Waals surface area (Å²) in [6, 6.07) is 1.23. The van der Waals surface area contributed by atoms with Crippen LogP contribution < -0.4 is 4.74 Å². The SMILES string of the molecule is COC(=O)CC#Cc1cc([N+](=O)[O-])cnc1OC. The van der Waals surface area contributed by atoms with Crippen LogP contribution in [0.4, 0.5) is 5.69 Å². The maximum atomic E-state index is 10.9. The minimum atomic E-state index is -0.585. The Morgan fingerprint density at radius 3 is 2.83 bits per heavy atom. The molecule has 18 heavy (non-hydrogen) atoms. The Labute approximate surface area is 103 Å². The van der Waals surface area contributed by atoms with Crippen molar-refractivity contribution in [1.82, 2.24) is 4.98 Å². The molecular weight excluding hydrogens is 240 g/mol. The number of hydrogen-bond acceptors (Lipinski definition) is 6. The molecule has 0 aliphatic heterocycles. The minimum absolute atomic E-state index is 0.109. The van der Waals surface area contributed by atoms with E-state index in [2.05, 4.69) is 21.6 Å². The summed E-state index contributed by atoms with van der Waals surface area (Å²) in [5.41, 5.74) is 0.0498. The fraction of sp³-hybridized carbons (Fsp3) is 0.273. The molecule has 0 saturated carbocycles. The molecule has 0 aromatic carbocycles. The molecule has 0 saturated heterocycles. The summed E-state index contributed by atoms with van der Waals surface area (Å²) in [7, 11) is 2.62. The lowest BCUT2D eigenvalue weighted by atomic mass is 10.2. The predicted octanol–water partition coefficient (Wildman–Crippen LogP) is 0.913. The first-order valence-electron chi connectivity index (χ1n) is 4.82. The Hall–Kier alpha value is -2.62. The van der Waals surface area contributed by atoms with E-state index in [9.17, 15) is 14.9 Å². The number of methoxy groups -OCH3 is 2. The van der Waals surface area contributed by atoms with Gasteiger partial charge in [0.05, 0.1) is 24.7 Å². The van der Waals surface area contributed by atoms with Crippen LogP contribution in [0.2, 0.25) is 0 Å². The van der Waals surface area contributed by atoms with Gasteiger partial charge in [-0.3, -0.25) is 14.9 Å². The molecule has 7 nitrogen and oxygen atoms in total. The highest BCUT2D eigenvalue weighted by Gasteiger charge is 2.11. The molecule has 0 atom stereocenters. The van der Waals surface area contributed by atoms with E-state index in [1.807, 2.05) is 0 Å². The lowest BCUT2D eigenvalue weighted by Crippen LogP contribution is -1.98. The summed E-state index contributed by atoms with van der Waals surface area (Å²) in [6.07, 6.45) is 0.965. The van der Waals surface area contributed by atoms with Crippen molar-refractivity contribution >= 4 is 11.7 Å². The number of nitro groups is 1.